The Hall–Kier alpha value is -2.53. The fraction of sp³-hybridized carbons (Fsp3) is 0.316. The van der Waals surface area contributed by atoms with Crippen molar-refractivity contribution >= 4 is 11.8 Å². The molecule has 0 saturated heterocycles. The Morgan fingerprint density at radius 3 is 2.25 bits per heavy atom. The van der Waals surface area contributed by atoms with Gasteiger partial charge in [-0.2, -0.15) is 0 Å². The second-order valence-corrected chi connectivity index (χ2v) is 5.39. The number of rotatable bonds is 7. The molecule has 24 heavy (non-hydrogen) atoms. The number of benzene rings is 2. The molecule has 0 heterocycles. The van der Waals surface area contributed by atoms with E-state index >= 15 is 0 Å². The average Bonchev–Trinajstić information content (AvgIpc) is 2.57. The van der Waals surface area contributed by atoms with Crippen LogP contribution in [0.25, 0.3) is 0 Å². The molecule has 5 heteroatoms. The zero-order chi connectivity index (χ0) is 17.4. The number of nitrogens with zero attached hydrogens (tertiary/aromatic N) is 1. The van der Waals surface area contributed by atoms with Crippen LogP contribution in [0.1, 0.15) is 26.7 Å². The Morgan fingerprint density at radius 1 is 1.08 bits per heavy atom. The fourth-order valence-electron chi connectivity index (χ4n) is 2.43. The highest BCUT2D eigenvalue weighted by molar-refractivity contribution is 5.64. The van der Waals surface area contributed by atoms with Crippen molar-refractivity contribution in [3.63, 3.8) is 0 Å². The predicted octanol–water partition coefficient (Wildman–Crippen LogP) is 4.17. The molecule has 0 spiro atoms. The Labute approximate surface area is 142 Å². The van der Waals surface area contributed by atoms with Crippen LogP contribution in [0.2, 0.25) is 0 Å². The van der Waals surface area contributed by atoms with Gasteiger partial charge in [-0.3, -0.25) is 0 Å². The van der Waals surface area contributed by atoms with Crippen molar-refractivity contribution in [1.29, 1.82) is 0 Å². The minimum atomic E-state index is -0.807. The quantitative estimate of drug-likeness (QED) is 0.469. The first-order chi connectivity index (χ1) is 11.6. The molecule has 128 valence electrons. The topological polar surface area (TPSA) is 59.0 Å². The van der Waals surface area contributed by atoms with E-state index in [9.17, 15) is 9.90 Å². The van der Waals surface area contributed by atoms with Gasteiger partial charge in [0.2, 0.25) is 0 Å². The Kier molecular flexibility index (Phi) is 6.63. The lowest BCUT2D eigenvalue weighted by Gasteiger charge is -2.34. The molecular formula is C19H23NO4. The highest BCUT2D eigenvalue weighted by atomic mass is 16.7. The van der Waals surface area contributed by atoms with Gasteiger partial charge in [0.1, 0.15) is 12.0 Å². The molecule has 0 bridgehead atoms. The number of aliphatic hydroxyl groups is 1. The van der Waals surface area contributed by atoms with E-state index < -0.39 is 18.6 Å². The predicted molar refractivity (Wildman–Crippen MR) is 92.8 cm³/mol. The van der Waals surface area contributed by atoms with Gasteiger partial charge in [0.25, 0.3) is 0 Å². The molecule has 0 aliphatic heterocycles. The molecular weight excluding hydrogens is 306 g/mol. The van der Waals surface area contributed by atoms with Crippen molar-refractivity contribution in [3.8, 4) is 5.75 Å². The zero-order valence-corrected chi connectivity index (χ0v) is 14.0. The van der Waals surface area contributed by atoms with E-state index in [1.807, 2.05) is 43.3 Å². The lowest BCUT2D eigenvalue weighted by atomic mass is 10.2. The van der Waals surface area contributed by atoms with Crippen molar-refractivity contribution in [2.45, 2.75) is 39.1 Å². The number of carbonyl (C=O) groups is 1. The second kappa shape index (κ2) is 8.93. The van der Waals surface area contributed by atoms with Gasteiger partial charge in [-0.1, -0.05) is 49.7 Å². The third kappa shape index (κ3) is 4.99. The molecule has 0 aliphatic rings. The van der Waals surface area contributed by atoms with Crippen LogP contribution >= 0.6 is 0 Å². The highest BCUT2D eigenvalue weighted by Gasteiger charge is 2.25. The summed E-state index contributed by atoms with van der Waals surface area (Å²) in [6.45, 7) is 3.69. The van der Waals surface area contributed by atoms with E-state index in [4.69, 9.17) is 9.47 Å². The molecule has 2 atom stereocenters. The van der Waals surface area contributed by atoms with Gasteiger partial charge < -0.3 is 19.5 Å². The first-order valence-electron chi connectivity index (χ1n) is 8.06. The maximum absolute atomic E-state index is 12.0. The molecule has 0 aliphatic carbocycles. The van der Waals surface area contributed by atoms with Crippen LogP contribution in [0.15, 0.2) is 60.7 Å². The third-order valence-electron chi connectivity index (χ3n) is 3.53. The van der Waals surface area contributed by atoms with E-state index in [0.29, 0.717) is 12.2 Å². The Balaban J connectivity index is 2.07. The summed E-state index contributed by atoms with van der Waals surface area (Å²) in [4.78, 5) is 13.6. The molecule has 2 unspecified atom stereocenters. The van der Waals surface area contributed by atoms with Crippen LogP contribution in [0.5, 0.6) is 5.75 Å². The van der Waals surface area contributed by atoms with Crippen LogP contribution in [-0.2, 0) is 4.74 Å². The summed E-state index contributed by atoms with van der Waals surface area (Å²) < 4.78 is 10.5. The second-order valence-electron chi connectivity index (χ2n) is 5.39. The molecule has 2 aromatic rings. The first-order valence-corrected chi connectivity index (χ1v) is 8.06. The number of ether oxygens (including phenoxy) is 2. The van der Waals surface area contributed by atoms with Gasteiger partial charge in [0.15, 0.2) is 6.23 Å². The molecule has 5 nitrogen and oxygen atoms in total. The molecule has 0 amide bonds. The number of carbonyl (C=O) groups excluding carboxylic acids is 1. The number of para-hydroxylation sites is 2. The van der Waals surface area contributed by atoms with E-state index in [1.165, 1.54) is 0 Å². The third-order valence-corrected chi connectivity index (χ3v) is 3.53. The summed E-state index contributed by atoms with van der Waals surface area (Å²) in [5, 5.41) is 10.4. The van der Waals surface area contributed by atoms with E-state index in [0.717, 1.165) is 12.1 Å². The molecule has 1 N–H and O–H groups in total. The number of hydrogen-bond acceptors (Lipinski definition) is 5. The highest BCUT2D eigenvalue weighted by Crippen LogP contribution is 2.22. The smallest absolute Gasteiger partial charge is 0.410 e. The minimum absolute atomic E-state index is 0.412. The van der Waals surface area contributed by atoms with Crippen molar-refractivity contribution in [1.82, 2.24) is 0 Å². The molecule has 0 saturated carbocycles. The fourth-order valence-corrected chi connectivity index (χ4v) is 2.43. The molecule has 0 fully saturated rings. The van der Waals surface area contributed by atoms with Crippen LogP contribution in [0.3, 0.4) is 0 Å². The minimum Gasteiger partial charge on any atom is -0.410 e. The summed E-state index contributed by atoms with van der Waals surface area (Å²) in [6.07, 6.45) is -0.859. The molecule has 2 rings (SSSR count). The molecule has 0 radical (unpaired) electrons. The van der Waals surface area contributed by atoms with Gasteiger partial charge in [0, 0.05) is 5.69 Å². The van der Waals surface area contributed by atoms with E-state index in [-0.39, 0.29) is 0 Å². The van der Waals surface area contributed by atoms with Gasteiger partial charge in [-0.05, 0) is 37.6 Å². The van der Waals surface area contributed by atoms with Gasteiger partial charge in [-0.25, -0.2) is 4.79 Å². The Bertz CT molecular complexity index is 618. The van der Waals surface area contributed by atoms with Gasteiger partial charge in [-0.15, -0.1) is 0 Å². The molecule has 2 aromatic carbocycles. The SMILES string of the molecule is CCCC(O)N(c1ccccc1)C(C)OC(=O)Oc1ccccc1. The van der Waals surface area contributed by atoms with Crippen molar-refractivity contribution in [2.24, 2.45) is 0 Å². The van der Waals surface area contributed by atoms with E-state index in [2.05, 4.69) is 0 Å². The summed E-state index contributed by atoms with van der Waals surface area (Å²) in [5.74, 6) is 0.412. The van der Waals surface area contributed by atoms with Crippen molar-refractivity contribution < 1.29 is 19.4 Å². The summed E-state index contributed by atoms with van der Waals surface area (Å²) in [7, 11) is 0. The lowest BCUT2D eigenvalue weighted by molar-refractivity contribution is 0.0373. The van der Waals surface area contributed by atoms with Crippen LogP contribution in [0.4, 0.5) is 10.5 Å². The van der Waals surface area contributed by atoms with Crippen LogP contribution < -0.4 is 9.64 Å². The van der Waals surface area contributed by atoms with Crippen LogP contribution in [0, 0.1) is 0 Å². The number of aliphatic hydroxyl groups excluding tert-OH is 1. The average molecular weight is 329 g/mol. The first kappa shape index (κ1) is 17.8. The summed E-state index contributed by atoms with van der Waals surface area (Å²) in [6, 6.07) is 18.1. The normalized spacial score (nSPS) is 13.0. The maximum Gasteiger partial charge on any atom is 0.515 e. The largest absolute Gasteiger partial charge is 0.515 e. The summed E-state index contributed by atoms with van der Waals surface area (Å²) >= 11 is 0. The summed E-state index contributed by atoms with van der Waals surface area (Å²) in [5.41, 5.74) is 0.776. The van der Waals surface area contributed by atoms with Gasteiger partial charge in [0.05, 0.1) is 0 Å². The standard InChI is InChI=1S/C19H23NO4/c1-3-10-18(21)20(16-11-6-4-7-12-16)15(2)23-19(22)24-17-13-8-5-9-14-17/h4-9,11-15,18,21H,3,10H2,1-2H3. The Morgan fingerprint density at radius 2 is 1.67 bits per heavy atom. The van der Waals surface area contributed by atoms with E-state index in [1.54, 1.807) is 36.1 Å². The maximum atomic E-state index is 12.0. The lowest BCUT2D eigenvalue weighted by Crippen LogP contribution is -2.44. The van der Waals surface area contributed by atoms with Crippen LogP contribution in [-0.4, -0.2) is 23.7 Å². The molecule has 0 aromatic heterocycles. The van der Waals surface area contributed by atoms with Gasteiger partial charge >= 0.3 is 6.16 Å². The monoisotopic (exact) mass is 329 g/mol. The van der Waals surface area contributed by atoms with Crippen molar-refractivity contribution in [3.05, 3.63) is 60.7 Å². The zero-order valence-electron chi connectivity index (χ0n) is 14.0. The number of hydrogen-bond donors (Lipinski definition) is 1. The number of anilines is 1. The van der Waals surface area contributed by atoms with Crippen molar-refractivity contribution in [2.75, 3.05) is 4.90 Å².